The molecular formula is C14H28N2O. The molecule has 3 unspecified atom stereocenters. The molecule has 100 valence electrons. The largest absolute Gasteiger partial charge is 0.393 e. The van der Waals surface area contributed by atoms with Crippen LogP contribution in [0.2, 0.25) is 0 Å². The number of aliphatic hydroxyl groups excluding tert-OH is 1. The van der Waals surface area contributed by atoms with Crippen LogP contribution in [0.25, 0.3) is 0 Å². The Morgan fingerprint density at radius 2 is 2.00 bits per heavy atom. The molecule has 0 spiro atoms. The van der Waals surface area contributed by atoms with Crippen molar-refractivity contribution in [1.29, 1.82) is 0 Å². The summed E-state index contributed by atoms with van der Waals surface area (Å²) in [6, 6.07) is 0.753. The quantitative estimate of drug-likeness (QED) is 0.790. The van der Waals surface area contributed by atoms with Gasteiger partial charge >= 0.3 is 0 Å². The topological polar surface area (TPSA) is 26.7 Å². The molecule has 17 heavy (non-hydrogen) atoms. The van der Waals surface area contributed by atoms with Crippen molar-refractivity contribution in [1.82, 2.24) is 9.80 Å². The van der Waals surface area contributed by atoms with Crippen molar-refractivity contribution in [2.24, 2.45) is 5.92 Å². The summed E-state index contributed by atoms with van der Waals surface area (Å²) in [6.45, 7) is 6.98. The molecule has 2 rings (SSSR count). The highest BCUT2D eigenvalue weighted by atomic mass is 16.3. The molecule has 1 saturated heterocycles. The van der Waals surface area contributed by atoms with E-state index in [9.17, 15) is 5.11 Å². The van der Waals surface area contributed by atoms with E-state index in [1.165, 1.54) is 45.3 Å². The lowest BCUT2D eigenvalue weighted by Crippen LogP contribution is -2.41. The van der Waals surface area contributed by atoms with Gasteiger partial charge in [0.25, 0.3) is 0 Å². The second-order valence-corrected chi connectivity index (χ2v) is 5.90. The highest BCUT2D eigenvalue weighted by Crippen LogP contribution is 2.26. The molecule has 2 aliphatic rings. The second-order valence-electron chi connectivity index (χ2n) is 5.90. The molecule has 0 aromatic carbocycles. The van der Waals surface area contributed by atoms with Crippen molar-refractivity contribution in [3.8, 4) is 0 Å². The van der Waals surface area contributed by atoms with Crippen molar-refractivity contribution in [2.75, 3.05) is 33.2 Å². The molecule has 2 fully saturated rings. The smallest absolute Gasteiger partial charge is 0.0580 e. The lowest BCUT2D eigenvalue weighted by atomic mass is 10.1. The van der Waals surface area contributed by atoms with E-state index in [0.29, 0.717) is 5.92 Å². The molecule has 0 aromatic heterocycles. The summed E-state index contributed by atoms with van der Waals surface area (Å²) in [6.07, 6.45) is 6.12. The van der Waals surface area contributed by atoms with Crippen LogP contribution in [0, 0.1) is 5.92 Å². The second kappa shape index (κ2) is 6.17. The number of likely N-dealkylation sites (tertiary alicyclic amines) is 1. The summed E-state index contributed by atoms with van der Waals surface area (Å²) in [4.78, 5) is 5.04. The predicted molar refractivity (Wildman–Crippen MR) is 71.1 cm³/mol. The maximum atomic E-state index is 9.86. The van der Waals surface area contributed by atoms with Crippen LogP contribution < -0.4 is 0 Å². The van der Waals surface area contributed by atoms with Crippen molar-refractivity contribution < 1.29 is 5.11 Å². The molecule has 1 aliphatic carbocycles. The van der Waals surface area contributed by atoms with E-state index >= 15 is 0 Å². The number of hydrogen-bond acceptors (Lipinski definition) is 3. The monoisotopic (exact) mass is 240 g/mol. The summed E-state index contributed by atoms with van der Waals surface area (Å²) in [5.41, 5.74) is 0. The molecule has 3 atom stereocenters. The summed E-state index contributed by atoms with van der Waals surface area (Å²) in [5.74, 6) is 0.525. The van der Waals surface area contributed by atoms with Crippen molar-refractivity contribution in [3.05, 3.63) is 0 Å². The van der Waals surface area contributed by atoms with Gasteiger partial charge in [0.05, 0.1) is 6.10 Å². The number of likely N-dealkylation sites (N-methyl/N-ethyl adjacent to an activating group) is 2. The van der Waals surface area contributed by atoms with Gasteiger partial charge in [-0.1, -0.05) is 13.3 Å². The standard InChI is InChI=1S/C14H28N2O/c1-3-16-9-5-7-13(16)11-15(2)10-12-6-4-8-14(12)17/h12-14,17H,3-11H2,1-2H3. The van der Waals surface area contributed by atoms with Crippen LogP contribution in [-0.4, -0.2) is 60.3 Å². The number of nitrogens with zero attached hydrogens (tertiary/aromatic N) is 2. The molecule has 1 aliphatic heterocycles. The zero-order valence-electron chi connectivity index (χ0n) is 11.4. The summed E-state index contributed by atoms with van der Waals surface area (Å²) in [5, 5.41) is 9.86. The van der Waals surface area contributed by atoms with Crippen molar-refractivity contribution in [3.63, 3.8) is 0 Å². The molecular weight excluding hydrogens is 212 g/mol. The SMILES string of the molecule is CCN1CCCC1CN(C)CC1CCCC1O. The molecule has 0 amide bonds. The van der Waals surface area contributed by atoms with Gasteiger partial charge in [0.2, 0.25) is 0 Å². The van der Waals surface area contributed by atoms with Gasteiger partial charge in [0.1, 0.15) is 0 Å². The lowest BCUT2D eigenvalue weighted by molar-refractivity contribution is 0.100. The van der Waals surface area contributed by atoms with Crippen LogP contribution in [0.5, 0.6) is 0 Å². The van der Waals surface area contributed by atoms with Gasteiger partial charge in [-0.15, -0.1) is 0 Å². The molecule has 0 aromatic rings. The Labute approximate surface area is 106 Å². The third-order valence-electron chi connectivity index (χ3n) is 4.59. The lowest BCUT2D eigenvalue weighted by Gasteiger charge is -2.29. The number of rotatable bonds is 5. The third-order valence-corrected chi connectivity index (χ3v) is 4.59. The Morgan fingerprint density at radius 3 is 2.65 bits per heavy atom. The average molecular weight is 240 g/mol. The fourth-order valence-corrected chi connectivity index (χ4v) is 3.58. The molecule has 3 nitrogen and oxygen atoms in total. The first-order valence-corrected chi connectivity index (χ1v) is 7.31. The van der Waals surface area contributed by atoms with E-state index in [2.05, 4.69) is 23.8 Å². The predicted octanol–water partition coefficient (Wildman–Crippen LogP) is 1.56. The Kier molecular flexibility index (Phi) is 4.83. The van der Waals surface area contributed by atoms with Gasteiger partial charge < -0.3 is 10.0 Å². The minimum Gasteiger partial charge on any atom is -0.393 e. The zero-order valence-corrected chi connectivity index (χ0v) is 11.4. The highest BCUT2D eigenvalue weighted by Gasteiger charge is 2.28. The number of aliphatic hydroxyl groups is 1. The minimum absolute atomic E-state index is 0.0386. The maximum absolute atomic E-state index is 9.86. The first-order valence-electron chi connectivity index (χ1n) is 7.31. The van der Waals surface area contributed by atoms with Crippen LogP contribution >= 0.6 is 0 Å². The van der Waals surface area contributed by atoms with Crippen molar-refractivity contribution >= 4 is 0 Å². The highest BCUT2D eigenvalue weighted by molar-refractivity contribution is 4.83. The maximum Gasteiger partial charge on any atom is 0.0580 e. The van der Waals surface area contributed by atoms with Crippen molar-refractivity contribution in [2.45, 2.75) is 51.2 Å². The summed E-state index contributed by atoms with van der Waals surface area (Å²) < 4.78 is 0. The van der Waals surface area contributed by atoms with Gasteiger partial charge in [0, 0.05) is 19.1 Å². The van der Waals surface area contributed by atoms with E-state index in [1.54, 1.807) is 0 Å². The Morgan fingerprint density at radius 1 is 1.18 bits per heavy atom. The first-order chi connectivity index (χ1) is 8.20. The molecule has 1 saturated carbocycles. The summed E-state index contributed by atoms with van der Waals surface area (Å²) >= 11 is 0. The Hall–Kier alpha value is -0.120. The minimum atomic E-state index is -0.0386. The fraction of sp³-hybridized carbons (Fsp3) is 1.00. The Bertz CT molecular complexity index is 234. The van der Waals surface area contributed by atoms with E-state index in [-0.39, 0.29) is 6.10 Å². The third kappa shape index (κ3) is 3.43. The molecule has 1 heterocycles. The first kappa shape index (κ1) is 13.3. The van der Waals surface area contributed by atoms with E-state index < -0.39 is 0 Å². The van der Waals surface area contributed by atoms with Crippen LogP contribution in [0.3, 0.4) is 0 Å². The van der Waals surface area contributed by atoms with Gasteiger partial charge in [-0.25, -0.2) is 0 Å². The molecule has 1 N–H and O–H groups in total. The Balaban J connectivity index is 1.74. The van der Waals surface area contributed by atoms with Gasteiger partial charge in [-0.3, -0.25) is 4.90 Å². The van der Waals surface area contributed by atoms with Gasteiger partial charge in [0.15, 0.2) is 0 Å². The molecule has 3 heteroatoms. The van der Waals surface area contributed by atoms with E-state index in [0.717, 1.165) is 19.0 Å². The van der Waals surface area contributed by atoms with Crippen LogP contribution in [0.4, 0.5) is 0 Å². The van der Waals surface area contributed by atoms with Gasteiger partial charge in [-0.2, -0.15) is 0 Å². The van der Waals surface area contributed by atoms with E-state index in [1.807, 2.05) is 0 Å². The average Bonchev–Trinajstić information content (AvgIpc) is 2.89. The zero-order chi connectivity index (χ0) is 12.3. The normalized spacial score (nSPS) is 34.9. The van der Waals surface area contributed by atoms with Crippen LogP contribution in [-0.2, 0) is 0 Å². The fourth-order valence-electron chi connectivity index (χ4n) is 3.58. The molecule has 0 bridgehead atoms. The van der Waals surface area contributed by atoms with Gasteiger partial charge in [-0.05, 0) is 51.7 Å². The summed E-state index contributed by atoms with van der Waals surface area (Å²) in [7, 11) is 2.22. The number of hydrogen-bond donors (Lipinski definition) is 1. The van der Waals surface area contributed by atoms with Crippen LogP contribution in [0.1, 0.15) is 39.0 Å². The molecule has 0 radical (unpaired) electrons. The van der Waals surface area contributed by atoms with Crippen LogP contribution in [0.15, 0.2) is 0 Å². The van der Waals surface area contributed by atoms with E-state index in [4.69, 9.17) is 0 Å².